The van der Waals surface area contributed by atoms with Crippen molar-refractivity contribution in [2.24, 2.45) is 0 Å². The van der Waals surface area contributed by atoms with Gasteiger partial charge in [-0.1, -0.05) is 42.4 Å². The van der Waals surface area contributed by atoms with Crippen molar-refractivity contribution in [1.29, 1.82) is 0 Å². The molecular weight excluding hydrogens is 378 g/mol. The van der Waals surface area contributed by atoms with Gasteiger partial charge in [0.1, 0.15) is 0 Å². The molecule has 1 aromatic heterocycles. The number of likely N-dealkylation sites (tertiary alicyclic amines) is 1. The van der Waals surface area contributed by atoms with Crippen molar-refractivity contribution in [3.63, 3.8) is 0 Å². The minimum Gasteiger partial charge on any atom is -0.395 e. The van der Waals surface area contributed by atoms with Gasteiger partial charge in [0.05, 0.1) is 6.61 Å². The van der Waals surface area contributed by atoms with Crippen LogP contribution >= 0.6 is 0 Å². The molecule has 1 atom stereocenters. The maximum Gasteiger partial charge on any atom is 0.258 e. The van der Waals surface area contributed by atoms with Gasteiger partial charge in [0, 0.05) is 36.1 Å². The summed E-state index contributed by atoms with van der Waals surface area (Å²) >= 11 is 0. The number of aryl methyl sites for hydroxylation is 1. The predicted molar refractivity (Wildman–Crippen MR) is 113 cm³/mol. The van der Waals surface area contributed by atoms with Gasteiger partial charge in [-0.25, -0.2) is 0 Å². The van der Waals surface area contributed by atoms with Crippen LogP contribution in [-0.4, -0.2) is 45.8 Å². The first-order chi connectivity index (χ1) is 14.6. The van der Waals surface area contributed by atoms with Crippen LogP contribution in [0.25, 0.3) is 22.8 Å². The van der Waals surface area contributed by atoms with Crippen molar-refractivity contribution in [1.82, 2.24) is 15.0 Å². The van der Waals surface area contributed by atoms with Gasteiger partial charge in [-0.3, -0.25) is 4.79 Å². The molecule has 5 rings (SSSR count). The SMILES string of the molecule is CCc1cccc(-c2nc(-c3cccc4c3CCC43CC(=O)N(CCO)C3)no2)c1. The Bertz CT molecular complexity index is 1110. The first-order valence-corrected chi connectivity index (χ1v) is 10.6. The van der Waals surface area contributed by atoms with E-state index in [-0.39, 0.29) is 17.9 Å². The number of amides is 1. The van der Waals surface area contributed by atoms with E-state index in [9.17, 15) is 9.90 Å². The standard InChI is InChI=1S/C24H25N3O3/c1-2-16-5-3-6-17(13-16)23-25-22(26-30-23)19-7-4-8-20-18(19)9-10-24(20)14-21(29)27(15-24)11-12-28/h3-8,13,28H,2,9-12,14-15H2,1H3. The number of aliphatic hydroxyl groups is 1. The van der Waals surface area contributed by atoms with Gasteiger partial charge in [0.15, 0.2) is 0 Å². The Kier molecular flexibility index (Phi) is 4.66. The van der Waals surface area contributed by atoms with Gasteiger partial charge in [-0.15, -0.1) is 0 Å². The number of nitrogens with zero attached hydrogens (tertiary/aromatic N) is 3. The Labute approximate surface area is 175 Å². The molecule has 1 aliphatic heterocycles. The Morgan fingerprint density at radius 3 is 2.93 bits per heavy atom. The third-order valence-electron chi connectivity index (χ3n) is 6.56. The summed E-state index contributed by atoms with van der Waals surface area (Å²) in [5.41, 5.74) is 5.41. The van der Waals surface area contributed by atoms with Crippen LogP contribution < -0.4 is 0 Å². The van der Waals surface area contributed by atoms with Gasteiger partial charge < -0.3 is 14.5 Å². The Morgan fingerprint density at radius 1 is 1.23 bits per heavy atom. The molecule has 6 heteroatoms. The monoisotopic (exact) mass is 403 g/mol. The molecule has 1 amide bonds. The molecule has 6 nitrogen and oxygen atoms in total. The molecule has 1 spiro atoms. The first-order valence-electron chi connectivity index (χ1n) is 10.6. The Hall–Kier alpha value is -2.99. The normalized spacial score (nSPS) is 20.3. The fourth-order valence-electron chi connectivity index (χ4n) is 5.02. The van der Waals surface area contributed by atoms with E-state index in [1.54, 1.807) is 4.90 Å². The molecule has 2 heterocycles. The Balaban J connectivity index is 1.49. The highest BCUT2D eigenvalue weighted by Gasteiger charge is 2.48. The molecule has 2 aromatic carbocycles. The van der Waals surface area contributed by atoms with E-state index in [2.05, 4.69) is 35.3 Å². The van der Waals surface area contributed by atoms with Crippen LogP contribution in [0.5, 0.6) is 0 Å². The molecule has 154 valence electrons. The number of rotatable bonds is 5. The molecule has 0 bridgehead atoms. The second-order valence-corrected chi connectivity index (χ2v) is 8.30. The molecule has 0 saturated carbocycles. The number of benzene rings is 2. The van der Waals surface area contributed by atoms with Gasteiger partial charge in [0.2, 0.25) is 11.7 Å². The smallest absolute Gasteiger partial charge is 0.258 e. The Morgan fingerprint density at radius 2 is 2.10 bits per heavy atom. The van der Waals surface area contributed by atoms with Crippen LogP contribution in [0.15, 0.2) is 47.0 Å². The lowest BCUT2D eigenvalue weighted by Crippen LogP contribution is -2.32. The largest absolute Gasteiger partial charge is 0.395 e. The molecule has 1 fully saturated rings. The summed E-state index contributed by atoms with van der Waals surface area (Å²) < 4.78 is 5.60. The van der Waals surface area contributed by atoms with E-state index in [0.29, 0.717) is 31.2 Å². The summed E-state index contributed by atoms with van der Waals surface area (Å²) in [5, 5.41) is 13.5. The average Bonchev–Trinajstić information content (AvgIpc) is 3.47. The molecule has 3 aromatic rings. The number of hydrogen-bond donors (Lipinski definition) is 1. The van der Waals surface area contributed by atoms with E-state index in [1.807, 2.05) is 24.3 Å². The zero-order valence-corrected chi connectivity index (χ0v) is 17.1. The number of carbonyl (C=O) groups is 1. The second kappa shape index (κ2) is 7.36. The van der Waals surface area contributed by atoms with Gasteiger partial charge >= 0.3 is 0 Å². The molecule has 1 unspecified atom stereocenters. The summed E-state index contributed by atoms with van der Waals surface area (Å²) in [5.74, 6) is 1.24. The molecular formula is C24H25N3O3. The van der Waals surface area contributed by atoms with Gasteiger partial charge in [-0.05, 0) is 48.1 Å². The van der Waals surface area contributed by atoms with E-state index in [0.717, 1.165) is 30.4 Å². The second-order valence-electron chi connectivity index (χ2n) is 8.30. The number of fused-ring (bicyclic) bond motifs is 2. The van der Waals surface area contributed by atoms with Gasteiger partial charge in [0.25, 0.3) is 5.89 Å². The summed E-state index contributed by atoms with van der Waals surface area (Å²) in [6, 6.07) is 14.4. The first kappa shape index (κ1) is 19.0. The lowest BCUT2D eigenvalue weighted by atomic mass is 9.80. The summed E-state index contributed by atoms with van der Waals surface area (Å²) in [4.78, 5) is 19.0. The lowest BCUT2D eigenvalue weighted by Gasteiger charge is -2.24. The quantitative estimate of drug-likeness (QED) is 0.707. The highest BCUT2D eigenvalue weighted by molar-refractivity contribution is 5.82. The zero-order valence-electron chi connectivity index (χ0n) is 17.1. The van der Waals surface area contributed by atoms with Crippen LogP contribution in [0.4, 0.5) is 0 Å². The summed E-state index contributed by atoms with van der Waals surface area (Å²) in [6.07, 6.45) is 3.27. The number of aromatic nitrogens is 2. The minimum absolute atomic E-state index is 0.000412. The van der Waals surface area contributed by atoms with Crippen molar-refractivity contribution in [2.75, 3.05) is 19.7 Å². The van der Waals surface area contributed by atoms with E-state index in [4.69, 9.17) is 4.52 Å². The summed E-state index contributed by atoms with van der Waals surface area (Å²) in [7, 11) is 0. The van der Waals surface area contributed by atoms with E-state index in [1.165, 1.54) is 16.7 Å². The molecule has 1 aliphatic carbocycles. The molecule has 30 heavy (non-hydrogen) atoms. The highest BCUT2D eigenvalue weighted by Crippen LogP contribution is 2.48. The highest BCUT2D eigenvalue weighted by atomic mass is 16.5. The van der Waals surface area contributed by atoms with Gasteiger partial charge in [-0.2, -0.15) is 4.98 Å². The molecule has 1 N–H and O–H groups in total. The van der Waals surface area contributed by atoms with Crippen molar-refractivity contribution < 1.29 is 14.4 Å². The molecule has 1 saturated heterocycles. The van der Waals surface area contributed by atoms with Crippen molar-refractivity contribution in [2.45, 2.75) is 38.0 Å². The van der Waals surface area contributed by atoms with E-state index >= 15 is 0 Å². The van der Waals surface area contributed by atoms with E-state index < -0.39 is 0 Å². The minimum atomic E-state index is -0.167. The summed E-state index contributed by atoms with van der Waals surface area (Å²) in [6.45, 7) is 3.20. The number of carbonyl (C=O) groups excluding carboxylic acids is 1. The predicted octanol–water partition coefficient (Wildman–Crippen LogP) is 3.37. The van der Waals surface area contributed by atoms with Crippen LogP contribution in [0, 0.1) is 0 Å². The molecule has 0 radical (unpaired) electrons. The third-order valence-corrected chi connectivity index (χ3v) is 6.56. The van der Waals surface area contributed by atoms with Crippen molar-refractivity contribution >= 4 is 5.91 Å². The fraction of sp³-hybridized carbons (Fsp3) is 0.375. The number of β-amino-alcohol motifs (C(OH)–C–C–N with tert-alkyl or cyclic N) is 1. The lowest BCUT2D eigenvalue weighted by molar-refractivity contribution is -0.128. The number of aliphatic hydroxyl groups excluding tert-OH is 1. The zero-order chi connectivity index (χ0) is 20.7. The van der Waals surface area contributed by atoms with Crippen LogP contribution in [0.3, 0.4) is 0 Å². The van der Waals surface area contributed by atoms with Crippen LogP contribution in [0.2, 0.25) is 0 Å². The fourth-order valence-corrected chi connectivity index (χ4v) is 5.02. The molecule has 2 aliphatic rings. The van der Waals surface area contributed by atoms with Crippen molar-refractivity contribution in [3.05, 3.63) is 59.2 Å². The topological polar surface area (TPSA) is 79.5 Å². The third kappa shape index (κ3) is 3.03. The maximum absolute atomic E-state index is 12.5. The number of hydrogen-bond acceptors (Lipinski definition) is 5. The van der Waals surface area contributed by atoms with Crippen LogP contribution in [-0.2, 0) is 23.1 Å². The van der Waals surface area contributed by atoms with Crippen molar-refractivity contribution in [3.8, 4) is 22.8 Å². The average molecular weight is 403 g/mol. The maximum atomic E-state index is 12.5. The van der Waals surface area contributed by atoms with Crippen LogP contribution in [0.1, 0.15) is 36.5 Å².